The van der Waals surface area contributed by atoms with Crippen LogP contribution in [-0.2, 0) is 7.05 Å². The van der Waals surface area contributed by atoms with Crippen LogP contribution < -0.4 is 21.1 Å². The summed E-state index contributed by atoms with van der Waals surface area (Å²) in [5.41, 5.74) is 0.591. The zero-order chi connectivity index (χ0) is 14.9. The molecule has 2 rings (SSSR count). The summed E-state index contributed by atoms with van der Waals surface area (Å²) in [6, 6.07) is 4.47. The van der Waals surface area contributed by atoms with E-state index < -0.39 is 4.92 Å². The van der Waals surface area contributed by atoms with E-state index in [1.807, 2.05) is 0 Å². The average molecular weight is 275 g/mol. The van der Waals surface area contributed by atoms with Gasteiger partial charge in [-0.2, -0.15) is 0 Å². The van der Waals surface area contributed by atoms with Crippen LogP contribution in [0.3, 0.4) is 0 Å². The molecule has 2 aromatic rings. The van der Waals surface area contributed by atoms with Gasteiger partial charge in [0.2, 0.25) is 0 Å². The molecule has 0 aliphatic heterocycles. The predicted molar refractivity (Wildman–Crippen MR) is 74.0 cm³/mol. The highest BCUT2D eigenvalue weighted by Crippen LogP contribution is 2.27. The van der Waals surface area contributed by atoms with Gasteiger partial charge in [0, 0.05) is 13.1 Å². The second-order valence-electron chi connectivity index (χ2n) is 4.18. The molecule has 0 unspecified atom stereocenters. The first kappa shape index (κ1) is 13.6. The lowest BCUT2D eigenvalue weighted by atomic mass is 10.2. The number of ether oxygens (including phenoxy) is 1. The van der Waals surface area contributed by atoms with Gasteiger partial charge in [0.25, 0.3) is 5.56 Å². The second kappa shape index (κ2) is 5.04. The Hall–Kier alpha value is -2.83. The maximum Gasteiger partial charge on any atom is 0.311 e. The molecule has 7 nitrogen and oxygen atoms in total. The third-order valence-electron chi connectivity index (χ3n) is 2.93. The van der Waals surface area contributed by atoms with Gasteiger partial charge in [0.15, 0.2) is 5.75 Å². The van der Waals surface area contributed by atoms with E-state index in [1.165, 1.54) is 29.9 Å². The number of rotatable bonds is 3. The van der Waals surface area contributed by atoms with E-state index in [2.05, 4.69) is 11.6 Å². The quantitative estimate of drug-likeness (QED) is 0.624. The lowest BCUT2D eigenvalue weighted by Gasteiger charge is -2.01. The molecule has 104 valence electrons. The van der Waals surface area contributed by atoms with Crippen LogP contribution >= 0.6 is 0 Å². The SMILES string of the molecule is C=c1[nH]/c(=C\c2ccc(OC)c([N+](=O)[O-])c2)c(=O)n1C. The molecule has 7 heteroatoms. The molecule has 0 aliphatic rings. The topological polar surface area (TPSA) is 90.2 Å². The number of hydrogen-bond acceptors (Lipinski definition) is 4. The summed E-state index contributed by atoms with van der Waals surface area (Å²) in [7, 11) is 2.95. The molecule has 20 heavy (non-hydrogen) atoms. The number of nitrogens with zero attached hydrogens (tertiary/aromatic N) is 2. The molecule has 0 saturated heterocycles. The highest BCUT2D eigenvalue weighted by Gasteiger charge is 2.14. The number of benzene rings is 1. The second-order valence-corrected chi connectivity index (χ2v) is 4.18. The number of nitro benzene ring substituents is 1. The Morgan fingerprint density at radius 1 is 1.50 bits per heavy atom. The molecule has 0 spiro atoms. The lowest BCUT2D eigenvalue weighted by Crippen LogP contribution is -2.28. The van der Waals surface area contributed by atoms with E-state index in [0.717, 1.165) is 0 Å². The fourth-order valence-electron chi connectivity index (χ4n) is 1.80. The smallest absolute Gasteiger partial charge is 0.311 e. The van der Waals surface area contributed by atoms with Gasteiger partial charge >= 0.3 is 5.69 Å². The Labute approximate surface area is 113 Å². The van der Waals surface area contributed by atoms with Crippen LogP contribution in [0.5, 0.6) is 5.75 Å². The number of methoxy groups -OCH3 is 1. The zero-order valence-corrected chi connectivity index (χ0v) is 11.0. The van der Waals surface area contributed by atoms with Gasteiger partial charge in [-0.15, -0.1) is 0 Å². The maximum absolute atomic E-state index is 11.8. The van der Waals surface area contributed by atoms with Crippen molar-refractivity contribution in [3.8, 4) is 5.75 Å². The third-order valence-corrected chi connectivity index (χ3v) is 2.93. The Kier molecular flexibility index (Phi) is 3.43. The molecule has 1 heterocycles. The summed E-state index contributed by atoms with van der Waals surface area (Å²) in [6.07, 6.45) is 1.53. The number of nitro groups is 1. The van der Waals surface area contributed by atoms with Gasteiger partial charge in [0.05, 0.1) is 12.0 Å². The standard InChI is InChI=1S/C13H13N3O4/c1-8-14-10(13(17)15(8)2)6-9-4-5-12(20-3)11(7-9)16(18)19/h4-7,14H,1H2,2-3H3/b10-6-. The molecular formula is C13H13N3O4. The zero-order valence-electron chi connectivity index (χ0n) is 11.0. The molecule has 1 aromatic carbocycles. The molecule has 0 amide bonds. The average Bonchev–Trinajstić information content (AvgIpc) is 2.66. The normalized spacial score (nSPS) is 11.6. The van der Waals surface area contributed by atoms with Gasteiger partial charge in [-0.05, 0) is 17.7 Å². The predicted octanol–water partition coefficient (Wildman–Crippen LogP) is -0.131. The van der Waals surface area contributed by atoms with Gasteiger partial charge in [-0.3, -0.25) is 19.5 Å². The van der Waals surface area contributed by atoms with E-state index in [4.69, 9.17) is 4.74 Å². The van der Waals surface area contributed by atoms with Crippen molar-refractivity contribution < 1.29 is 9.66 Å². The first-order valence-electron chi connectivity index (χ1n) is 5.72. The maximum atomic E-state index is 11.8. The summed E-state index contributed by atoms with van der Waals surface area (Å²) in [5, 5.41) is 11.3. The molecule has 0 radical (unpaired) electrons. The highest BCUT2D eigenvalue weighted by atomic mass is 16.6. The molecule has 0 atom stereocenters. The number of H-pyrrole nitrogens is 1. The molecule has 0 fully saturated rings. The Morgan fingerprint density at radius 3 is 2.70 bits per heavy atom. The van der Waals surface area contributed by atoms with Gasteiger partial charge in [-0.1, -0.05) is 12.6 Å². The van der Waals surface area contributed by atoms with Crippen LogP contribution in [0.25, 0.3) is 12.7 Å². The Morgan fingerprint density at radius 2 is 2.20 bits per heavy atom. The fourth-order valence-corrected chi connectivity index (χ4v) is 1.80. The number of hydrogen-bond donors (Lipinski definition) is 1. The van der Waals surface area contributed by atoms with Gasteiger partial charge in [0.1, 0.15) is 10.8 Å². The molecule has 0 saturated carbocycles. The van der Waals surface area contributed by atoms with E-state index in [0.29, 0.717) is 16.4 Å². The molecular weight excluding hydrogens is 262 g/mol. The summed E-state index contributed by atoms with van der Waals surface area (Å²) < 4.78 is 6.28. The highest BCUT2D eigenvalue weighted by molar-refractivity contribution is 5.58. The number of nitrogens with one attached hydrogen (secondary N) is 1. The third kappa shape index (κ3) is 2.33. The van der Waals surface area contributed by atoms with Crippen molar-refractivity contribution in [2.45, 2.75) is 0 Å². The minimum atomic E-state index is -0.532. The Bertz CT molecular complexity index is 832. The monoisotopic (exact) mass is 275 g/mol. The largest absolute Gasteiger partial charge is 0.490 e. The van der Waals surface area contributed by atoms with Crippen molar-refractivity contribution in [2.24, 2.45) is 7.05 Å². The van der Waals surface area contributed by atoms with Crippen LogP contribution in [0.15, 0.2) is 23.0 Å². The minimum Gasteiger partial charge on any atom is -0.490 e. The fraction of sp³-hybridized carbons (Fsp3) is 0.154. The Balaban J connectivity index is 2.63. The van der Waals surface area contributed by atoms with Crippen LogP contribution in [0.4, 0.5) is 5.69 Å². The van der Waals surface area contributed by atoms with Crippen LogP contribution in [0, 0.1) is 10.1 Å². The van der Waals surface area contributed by atoms with Crippen LogP contribution in [0.2, 0.25) is 0 Å². The van der Waals surface area contributed by atoms with Crippen molar-refractivity contribution in [1.29, 1.82) is 0 Å². The minimum absolute atomic E-state index is 0.153. The van der Waals surface area contributed by atoms with Crippen molar-refractivity contribution in [2.75, 3.05) is 7.11 Å². The first-order chi connectivity index (χ1) is 9.43. The van der Waals surface area contributed by atoms with Gasteiger partial charge in [-0.25, -0.2) is 0 Å². The van der Waals surface area contributed by atoms with E-state index >= 15 is 0 Å². The van der Waals surface area contributed by atoms with E-state index in [1.54, 1.807) is 13.1 Å². The van der Waals surface area contributed by atoms with Crippen molar-refractivity contribution >= 4 is 18.3 Å². The van der Waals surface area contributed by atoms with Crippen molar-refractivity contribution in [3.63, 3.8) is 0 Å². The summed E-state index contributed by atoms with van der Waals surface area (Å²) in [4.78, 5) is 25.1. The van der Waals surface area contributed by atoms with Crippen molar-refractivity contribution in [3.05, 3.63) is 55.1 Å². The van der Waals surface area contributed by atoms with Gasteiger partial charge < -0.3 is 9.72 Å². The van der Waals surface area contributed by atoms with E-state index in [9.17, 15) is 14.9 Å². The van der Waals surface area contributed by atoms with Crippen molar-refractivity contribution in [1.82, 2.24) is 9.55 Å². The summed E-state index contributed by atoms with van der Waals surface area (Å²) in [5.74, 6) is 0.171. The summed E-state index contributed by atoms with van der Waals surface area (Å²) >= 11 is 0. The van der Waals surface area contributed by atoms with Crippen LogP contribution in [0.1, 0.15) is 5.56 Å². The molecule has 1 aromatic heterocycles. The number of aromatic amines is 1. The summed E-state index contributed by atoms with van der Waals surface area (Å²) in [6.45, 7) is 3.68. The van der Waals surface area contributed by atoms with Crippen LogP contribution in [-0.4, -0.2) is 21.6 Å². The van der Waals surface area contributed by atoms with E-state index in [-0.39, 0.29) is 17.0 Å². The molecule has 1 N–H and O–H groups in total. The first-order valence-corrected chi connectivity index (χ1v) is 5.72. The molecule has 0 aliphatic carbocycles. The lowest BCUT2D eigenvalue weighted by molar-refractivity contribution is -0.385. The number of aromatic nitrogens is 2. The number of imidazole rings is 1. The molecule has 0 bridgehead atoms.